The number of likely N-dealkylation sites (tertiary alicyclic amines) is 2. The number of nitrogens with one attached hydrogen (secondary N) is 6. The van der Waals surface area contributed by atoms with Crippen LogP contribution in [0.1, 0.15) is 113 Å². The summed E-state index contributed by atoms with van der Waals surface area (Å²) >= 11 is 0. The second-order valence-electron chi connectivity index (χ2n) is 22.7. The van der Waals surface area contributed by atoms with Gasteiger partial charge in [-0.05, 0) is 131 Å². The molecule has 2 aliphatic rings. The molecular weight excluding hydrogens is 1000 g/mol. The molecule has 3 aromatic rings. The Bertz CT molecular complexity index is 2400. The third-order valence-corrected chi connectivity index (χ3v) is 14.7. The van der Waals surface area contributed by atoms with Crippen LogP contribution in [0.4, 0.5) is 8.78 Å². The molecule has 0 bridgehead atoms. The Balaban J connectivity index is 1.26. The van der Waals surface area contributed by atoms with E-state index in [-0.39, 0.29) is 60.9 Å². The number of likely N-dealkylation sites (N-methyl/N-ethyl adjacent to an activating group) is 2. The molecule has 0 radical (unpaired) electrons. The Morgan fingerprint density at radius 2 is 0.936 bits per heavy atom. The molecular formula is C58H82F2N10O8. The van der Waals surface area contributed by atoms with Crippen LogP contribution < -0.4 is 31.9 Å². The first-order chi connectivity index (χ1) is 36.8. The second-order valence-corrected chi connectivity index (χ2v) is 22.7. The standard InChI is InChI=1S/C58H82F2N10O8/c1-37(61-9)51(73)65-49(57(3,4)5)55(77)69-28-12-16-45(69)35-67(30-26-39-18-22-43(59)23-19-39)47(71)33-63-53(75)41-14-11-15-42(32-41)54(76)64-34-48(72)68(31-27-40-20-24-44(60)25-21-40)36-46-17-13-29-70(46)56(78)50(58(6,7)8)66-52(74)38(2)62-10/h11,14-15,18-25,32,37-38,45-46,49-50,61-62H,12-13,16-17,26-31,33-36H2,1-10H3,(H,63,75)(H,64,76)(H,65,73)(H,66,74)/t37-,38-,45-,46-,49+,50+/m0/s1. The fraction of sp³-hybridized carbons (Fsp3) is 0.552. The molecule has 20 heteroatoms. The predicted octanol–water partition coefficient (Wildman–Crippen LogP) is 3.83. The molecule has 0 aromatic heterocycles. The van der Waals surface area contributed by atoms with Crippen molar-refractivity contribution < 1.29 is 47.1 Å². The van der Waals surface area contributed by atoms with Crippen molar-refractivity contribution in [3.8, 4) is 0 Å². The topological polar surface area (TPSA) is 222 Å². The fourth-order valence-corrected chi connectivity index (χ4v) is 9.57. The first kappa shape index (κ1) is 62.0. The highest BCUT2D eigenvalue weighted by Crippen LogP contribution is 2.28. The number of carbonyl (C=O) groups is 8. The number of carbonyl (C=O) groups excluding carboxylic acids is 8. The molecule has 5 rings (SSSR count). The maximum Gasteiger partial charge on any atom is 0.251 e. The minimum atomic E-state index is -0.842. The number of nitrogens with zero attached hydrogens (tertiary/aromatic N) is 4. The fourth-order valence-electron chi connectivity index (χ4n) is 9.57. The normalized spacial score (nSPS) is 17.1. The van der Waals surface area contributed by atoms with Gasteiger partial charge in [0.25, 0.3) is 11.8 Å². The number of hydrogen-bond donors (Lipinski definition) is 6. The van der Waals surface area contributed by atoms with E-state index < -0.39 is 95.4 Å². The van der Waals surface area contributed by atoms with E-state index in [1.54, 1.807) is 71.8 Å². The summed E-state index contributed by atoms with van der Waals surface area (Å²) in [5.41, 5.74) is 0.445. The van der Waals surface area contributed by atoms with E-state index in [0.29, 0.717) is 51.6 Å². The molecule has 0 unspecified atom stereocenters. The third-order valence-electron chi connectivity index (χ3n) is 14.7. The van der Waals surface area contributed by atoms with Gasteiger partial charge in [0.15, 0.2) is 0 Å². The molecule has 6 N–H and O–H groups in total. The lowest BCUT2D eigenvalue weighted by molar-refractivity contribution is -0.142. The lowest BCUT2D eigenvalue weighted by Crippen LogP contribution is -2.59. The molecule has 6 atom stereocenters. The van der Waals surface area contributed by atoms with E-state index in [4.69, 9.17) is 0 Å². The lowest BCUT2D eigenvalue weighted by Gasteiger charge is -2.37. The number of halogens is 2. The molecule has 426 valence electrons. The minimum Gasteiger partial charge on any atom is -0.343 e. The average Bonchev–Trinajstić information content (AvgIpc) is 4.13. The van der Waals surface area contributed by atoms with Crippen molar-refractivity contribution in [2.75, 3.05) is 66.5 Å². The number of benzene rings is 3. The van der Waals surface area contributed by atoms with Crippen molar-refractivity contribution in [1.82, 2.24) is 51.5 Å². The molecule has 3 aromatic carbocycles. The molecule has 0 saturated carbocycles. The van der Waals surface area contributed by atoms with Crippen LogP contribution in [0.3, 0.4) is 0 Å². The van der Waals surface area contributed by atoms with Gasteiger partial charge in [0.2, 0.25) is 35.4 Å². The van der Waals surface area contributed by atoms with Crippen LogP contribution in [0.25, 0.3) is 0 Å². The zero-order chi connectivity index (χ0) is 57.5. The summed E-state index contributed by atoms with van der Waals surface area (Å²) in [5.74, 6) is -4.11. The Kier molecular flexibility index (Phi) is 22.4. The van der Waals surface area contributed by atoms with Gasteiger partial charge in [0.1, 0.15) is 23.7 Å². The Hall–Kier alpha value is -6.80. The molecule has 78 heavy (non-hydrogen) atoms. The third kappa shape index (κ3) is 17.6. The number of hydrogen-bond acceptors (Lipinski definition) is 10. The van der Waals surface area contributed by atoms with Gasteiger partial charge in [-0.3, -0.25) is 38.4 Å². The van der Waals surface area contributed by atoms with Crippen LogP contribution in [0.2, 0.25) is 0 Å². The smallest absolute Gasteiger partial charge is 0.251 e. The SMILES string of the molecule is CN[C@@H](C)C(=O)N[C@H](C(=O)N1CCC[C@H]1CN(CCc1ccc(F)cc1)C(=O)CNC(=O)c1cccc(C(=O)NCC(=O)N(CCc2ccc(F)cc2)C[C@@H]2CCCN2C(=O)[C@@H](NC(=O)[C@H](C)NC)C(C)(C)C)c1)C(C)(C)C. The van der Waals surface area contributed by atoms with Gasteiger partial charge >= 0.3 is 0 Å². The Morgan fingerprint density at radius 1 is 0.577 bits per heavy atom. The van der Waals surface area contributed by atoms with E-state index in [1.165, 1.54) is 48.5 Å². The van der Waals surface area contributed by atoms with E-state index >= 15 is 0 Å². The maximum atomic E-state index is 14.2. The highest BCUT2D eigenvalue weighted by atomic mass is 19.1. The highest BCUT2D eigenvalue weighted by molar-refractivity contribution is 6.01. The van der Waals surface area contributed by atoms with Gasteiger partial charge < -0.3 is 51.5 Å². The highest BCUT2D eigenvalue weighted by Gasteiger charge is 2.42. The zero-order valence-corrected chi connectivity index (χ0v) is 47.1. The van der Waals surface area contributed by atoms with Crippen molar-refractivity contribution in [2.45, 2.75) is 130 Å². The van der Waals surface area contributed by atoms with Crippen LogP contribution in [0.15, 0.2) is 72.8 Å². The van der Waals surface area contributed by atoms with Gasteiger partial charge in [-0.1, -0.05) is 71.9 Å². The van der Waals surface area contributed by atoms with Crippen LogP contribution in [-0.2, 0) is 41.6 Å². The quantitative estimate of drug-likeness (QED) is 0.0762. The second kappa shape index (κ2) is 28.2. The monoisotopic (exact) mass is 1080 g/mol. The van der Waals surface area contributed by atoms with Crippen molar-refractivity contribution in [1.29, 1.82) is 0 Å². The van der Waals surface area contributed by atoms with Gasteiger partial charge in [0, 0.05) is 62.5 Å². The summed E-state index contributed by atoms with van der Waals surface area (Å²) in [6.45, 7) is 15.4. The zero-order valence-electron chi connectivity index (χ0n) is 47.1. The summed E-state index contributed by atoms with van der Waals surface area (Å²) in [4.78, 5) is 117. The summed E-state index contributed by atoms with van der Waals surface area (Å²) in [6.07, 6.45) is 3.29. The first-order valence-corrected chi connectivity index (χ1v) is 27.1. The molecule has 2 aliphatic heterocycles. The molecule has 0 spiro atoms. The minimum absolute atomic E-state index is 0.0761. The summed E-state index contributed by atoms with van der Waals surface area (Å²) in [7, 11) is 3.32. The van der Waals surface area contributed by atoms with Crippen LogP contribution >= 0.6 is 0 Å². The predicted molar refractivity (Wildman–Crippen MR) is 294 cm³/mol. The molecule has 0 aliphatic carbocycles. The van der Waals surface area contributed by atoms with Crippen molar-refractivity contribution >= 4 is 47.3 Å². The molecule has 8 amide bonds. The summed E-state index contributed by atoms with van der Waals surface area (Å²) in [5, 5.41) is 17.0. The van der Waals surface area contributed by atoms with E-state index in [2.05, 4.69) is 31.9 Å². The number of amides is 8. The van der Waals surface area contributed by atoms with Crippen molar-refractivity contribution in [3.63, 3.8) is 0 Å². The average molecular weight is 1090 g/mol. The molecule has 2 saturated heterocycles. The summed E-state index contributed by atoms with van der Waals surface area (Å²) < 4.78 is 27.6. The summed E-state index contributed by atoms with van der Waals surface area (Å²) in [6, 6.07) is 14.2. The van der Waals surface area contributed by atoms with Crippen LogP contribution in [0, 0.1) is 22.5 Å². The van der Waals surface area contributed by atoms with Crippen molar-refractivity contribution in [2.24, 2.45) is 10.8 Å². The van der Waals surface area contributed by atoms with E-state index in [9.17, 15) is 47.1 Å². The first-order valence-electron chi connectivity index (χ1n) is 27.1. The molecule has 18 nitrogen and oxygen atoms in total. The van der Waals surface area contributed by atoms with Gasteiger partial charge in [-0.2, -0.15) is 0 Å². The Morgan fingerprint density at radius 3 is 1.27 bits per heavy atom. The molecule has 2 heterocycles. The van der Waals surface area contributed by atoms with Crippen LogP contribution in [0.5, 0.6) is 0 Å². The maximum absolute atomic E-state index is 14.2. The number of rotatable bonds is 24. The van der Waals surface area contributed by atoms with E-state index in [0.717, 1.165) is 11.1 Å². The lowest BCUT2D eigenvalue weighted by atomic mass is 9.85. The van der Waals surface area contributed by atoms with Gasteiger partial charge in [-0.15, -0.1) is 0 Å². The van der Waals surface area contributed by atoms with Crippen molar-refractivity contribution in [3.05, 3.63) is 107 Å². The van der Waals surface area contributed by atoms with Gasteiger partial charge in [0.05, 0.1) is 25.2 Å². The van der Waals surface area contributed by atoms with E-state index in [1.807, 2.05) is 41.5 Å². The molecule has 2 fully saturated rings. The Labute approximate surface area is 458 Å². The largest absolute Gasteiger partial charge is 0.343 e. The van der Waals surface area contributed by atoms with Crippen LogP contribution in [-0.4, -0.2) is 170 Å². The van der Waals surface area contributed by atoms with Gasteiger partial charge in [-0.25, -0.2) is 8.78 Å².